The first-order chi connectivity index (χ1) is 14.9. The number of rotatable bonds is 4. The third kappa shape index (κ3) is 5.01. The number of hydrogen-bond donors (Lipinski definition) is 3. The van der Waals surface area contributed by atoms with E-state index in [1.54, 1.807) is 48.5 Å². The number of carbonyl (C=O) groups is 1. The SMILES string of the molecule is Cc1nccc(Nc2ncc3c(n2)CN(C(=O)NC(N)c2ccc(Cl)c(Cl)c2)CC3)n1. The molecule has 2 aromatic heterocycles. The first kappa shape index (κ1) is 21.2. The molecule has 2 amide bonds. The predicted molar refractivity (Wildman–Crippen MR) is 118 cm³/mol. The summed E-state index contributed by atoms with van der Waals surface area (Å²) in [5.41, 5.74) is 8.56. The summed E-state index contributed by atoms with van der Waals surface area (Å²) in [5.74, 6) is 1.65. The highest BCUT2D eigenvalue weighted by molar-refractivity contribution is 6.42. The largest absolute Gasteiger partial charge is 0.319 e. The van der Waals surface area contributed by atoms with Crippen LogP contribution in [-0.4, -0.2) is 37.4 Å². The minimum atomic E-state index is -0.715. The van der Waals surface area contributed by atoms with Crippen molar-refractivity contribution in [2.24, 2.45) is 5.73 Å². The number of nitrogens with zero attached hydrogens (tertiary/aromatic N) is 5. The third-order valence-corrected chi connectivity index (χ3v) is 5.57. The molecule has 160 valence electrons. The Labute approximate surface area is 189 Å². The summed E-state index contributed by atoms with van der Waals surface area (Å²) >= 11 is 12.0. The summed E-state index contributed by atoms with van der Waals surface area (Å²) in [7, 11) is 0. The van der Waals surface area contributed by atoms with E-state index in [2.05, 4.69) is 30.6 Å². The number of hydrogen-bond acceptors (Lipinski definition) is 7. The van der Waals surface area contributed by atoms with Gasteiger partial charge in [-0.1, -0.05) is 29.3 Å². The normalized spacial score (nSPS) is 14.0. The van der Waals surface area contributed by atoms with E-state index in [1.165, 1.54) is 0 Å². The Kier molecular flexibility index (Phi) is 6.17. The standard InChI is InChI=1S/C20H20Cl2N8O/c1-11-24-6-4-17(26-11)28-19-25-9-13-5-7-30(10-16(13)27-19)20(31)29-18(23)12-2-3-14(21)15(22)8-12/h2-4,6,8-9,18H,5,7,10,23H2,1H3,(H,29,31)(H,24,25,26,27,28). The molecule has 0 saturated heterocycles. The molecule has 1 aliphatic rings. The molecule has 4 N–H and O–H groups in total. The number of benzene rings is 1. The van der Waals surface area contributed by atoms with Crippen LogP contribution in [0.4, 0.5) is 16.6 Å². The van der Waals surface area contributed by atoms with Crippen LogP contribution in [0.15, 0.2) is 36.7 Å². The molecule has 3 heterocycles. The fourth-order valence-electron chi connectivity index (χ4n) is 3.19. The number of aromatic nitrogens is 4. The van der Waals surface area contributed by atoms with Crippen LogP contribution in [0.25, 0.3) is 0 Å². The van der Waals surface area contributed by atoms with Gasteiger partial charge in [0.2, 0.25) is 5.95 Å². The van der Waals surface area contributed by atoms with Crippen LogP contribution in [-0.2, 0) is 13.0 Å². The molecule has 0 bridgehead atoms. The van der Waals surface area contributed by atoms with Crippen LogP contribution in [0.2, 0.25) is 10.0 Å². The number of fused-ring (bicyclic) bond motifs is 1. The van der Waals surface area contributed by atoms with E-state index in [1.807, 2.05) is 0 Å². The zero-order valence-corrected chi connectivity index (χ0v) is 18.2. The zero-order valence-electron chi connectivity index (χ0n) is 16.6. The van der Waals surface area contributed by atoms with Gasteiger partial charge in [0.05, 0.1) is 22.3 Å². The molecule has 1 aromatic carbocycles. The number of nitrogens with two attached hydrogens (primary N) is 1. The van der Waals surface area contributed by atoms with Crippen molar-refractivity contribution in [3.8, 4) is 0 Å². The molecule has 0 spiro atoms. The van der Waals surface area contributed by atoms with Crippen LogP contribution in [0.5, 0.6) is 0 Å². The molecule has 3 aromatic rings. The average Bonchev–Trinajstić information content (AvgIpc) is 2.75. The Morgan fingerprint density at radius 3 is 2.81 bits per heavy atom. The van der Waals surface area contributed by atoms with E-state index in [4.69, 9.17) is 28.9 Å². The maximum absolute atomic E-state index is 12.8. The number of halogens is 2. The summed E-state index contributed by atoms with van der Waals surface area (Å²) in [5, 5.41) is 6.67. The molecule has 0 radical (unpaired) electrons. The number of anilines is 2. The highest BCUT2D eigenvalue weighted by atomic mass is 35.5. The summed E-state index contributed by atoms with van der Waals surface area (Å²) in [6, 6.07) is 6.46. The minimum Gasteiger partial charge on any atom is -0.319 e. The van der Waals surface area contributed by atoms with E-state index in [-0.39, 0.29) is 6.03 Å². The predicted octanol–water partition coefficient (Wildman–Crippen LogP) is 3.35. The second-order valence-corrected chi connectivity index (χ2v) is 7.87. The van der Waals surface area contributed by atoms with Crippen molar-refractivity contribution in [2.75, 3.05) is 11.9 Å². The quantitative estimate of drug-likeness (QED) is 0.512. The summed E-state index contributed by atoms with van der Waals surface area (Å²) < 4.78 is 0. The lowest BCUT2D eigenvalue weighted by atomic mass is 10.1. The van der Waals surface area contributed by atoms with Crippen LogP contribution in [0.3, 0.4) is 0 Å². The van der Waals surface area contributed by atoms with Crippen LogP contribution in [0.1, 0.15) is 28.8 Å². The Balaban J connectivity index is 1.43. The summed E-state index contributed by atoms with van der Waals surface area (Å²) in [4.78, 5) is 31.7. The van der Waals surface area contributed by atoms with Crippen molar-refractivity contribution in [3.63, 3.8) is 0 Å². The van der Waals surface area contributed by atoms with Gasteiger partial charge in [-0.3, -0.25) is 0 Å². The molecule has 1 unspecified atom stereocenters. The lowest BCUT2D eigenvalue weighted by molar-refractivity contribution is 0.187. The number of urea groups is 1. The molecule has 9 nitrogen and oxygen atoms in total. The lowest BCUT2D eigenvalue weighted by Gasteiger charge is -2.29. The molecule has 1 atom stereocenters. The maximum Gasteiger partial charge on any atom is 0.319 e. The van der Waals surface area contributed by atoms with E-state index < -0.39 is 6.17 Å². The zero-order chi connectivity index (χ0) is 22.0. The fraction of sp³-hybridized carbons (Fsp3) is 0.250. The Morgan fingerprint density at radius 1 is 1.19 bits per heavy atom. The van der Waals surface area contributed by atoms with Gasteiger partial charge in [-0.05, 0) is 42.7 Å². The molecule has 0 saturated carbocycles. The van der Waals surface area contributed by atoms with E-state index >= 15 is 0 Å². The monoisotopic (exact) mass is 458 g/mol. The van der Waals surface area contributed by atoms with Gasteiger partial charge in [0.25, 0.3) is 0 Å². The number of carbonyl (C=O) groups excluding carboxylic acids is 1. The Hall–Kier alpha value is -3.01. The smallest absolute Gasteiger partial charge is 0.319 e. The molecule has 4 rings (SSSR count). The molecule has 1 aliphatic heterocycles. The molecule has 0 aliphatic carbocycles. The molecule has 11 heteroatoms. The molecule has 31 heavy (non-hydrogen) atoms. The number of amides is 2. The lowest BCUT2D eigenvalue weighted by Crippen LogP contribution is -2.46. The van der Waals surface area contributed by atoms with Gasteiger partial charge in [-0.25, -0.2) is 24.7 Å². The van der Waals surface area contributed by atoms with Crippen molar-refractivity contribution in [2.45, 2.75) is 26.1 Å². The summed E-state index contributed by atoms with van der Waals surface area (Å²) in [6.45, 7) is 2.68. The van der Waals surface area contributed by atoms with E-state index in [9.17, 15) is 4.79 Å². The molecular weight excluding hydrogens is 439 g/mol. The maximum atomic E-state index is 12.8. The second kappa shape index (κ2) is 9.01. The minimum absolute atomic E-state index is 0.288. The Morgan fingerprint density at radius 2 is 2.03 bits per heavy atom. The first-order valence-corrected chi connectivity index (χ1v) is 10.3. The third-order valence-electron chi connectivity index (χ3n) is 4.83. The van der Waals surface area contributed by atoms with E-state index in [0.717, 1.165) is 11.3 Å². The highest BCUT2D eigenvalue weighted by Crippen LogP contribution is 2.25. The number of nitrogens with one attached hydrogen (secondary N) is 2. The van der Waals surface area contributed by atoms with Gasteiger partial charge < -0.3 is 21.3 Å². The Bertz CT molecular complexity index is 1130. The fourth-order valence-corrected chi connectivity index (χ4v) is 3.50. The summed E-state index contributed by atoms with van der Waals surface area (Å²) in [6.07, 6.45) is 3.37. The van der Waals surface area contributed by atoms with Crippen molar-refractivity contribution in [1.82, 2.24) is 30.2 Å². The topological polar surface area (TPSA) is 122 Å². The molecular formula is C20H20Cl2N8O. The van der Waals surface area contributed by atoms with Gasteiger partial charge in [0.15, 0.2) is 0 Å². The van der Waals surface area contributed by atoms with Crippen molar-refractivity contribution >= 4 is 41.0 Å². The van der Waals surface area contributed by atoms with Gasteiger partial charge in [-0.2, -0.15) is 0 Å². The van der Waals surface area contributed by atoms with Gasteiger partial charge in [0.1, 0.15) is 17.8 Å². The van der Waals surface area contributed by atoms with Crippen molar-refractivity contribution in [1.29, 1.82) is 0 Å². The first-order valence-electron chi connectivity index (χ1n) is 9.56. The van der Waals surface area contributed by atoms with Gasteiger partial charge in [-0.15, -0.1) is 0 Å². The molecule has 0 fully saturated rings. The highest BCUT2D eigenvalue weighted by Gasteiger charge is 2.24. The van der Waals surface area contributed by atoms with Gasteiger partial charge >= 0.3 is 6.03 Å². The second-order valence-electron chi connectivity index (χ2n) is 7.05. The van der Waals surface area contributed by atoms with Crippen molar-refractivity contribution < 1.29 is 4.79 Å². The van der Waals surface area contributed by atoms with Crippen LogP contribution < -0.4 is 16.4 Å². The van der Waals surface area contributed by atoms with E-state index in [0.29, 0.717) is 52.7 Å². The van der Waals surface area contributed by atoms with Gasteiger partial charge in [0, 0.05) is 18.9 Å². The van der Waals surface area contributed by atoms with Crippen LogP contribution in [0, 0.1) is 6.92 Å². The van der Waals surface area contributed by atoms with Crippen LogP contribution >= 0.6 is 23.2 Å². The van der Waals surface area contributed by atoms with Crippen molar-refractivity contribution in [3.05, 3.63) is 69.3 Å². The number of aryl methyl sites for hydroxylation is 1. The average molecular weight is 459 g/mol.